The minimum atomic E-state index is -2.81. The Hall–Kier alpha value is -3.66. The Morgan fingerprint density at radius 3 is 2.47 bits per heavy atom. The van der Waals surface area contributed by atoms with E-state index in [1.54, 1.807) is 36.5 Å². The Kier molecular flexibility index (Phi) is 10.1. The molecule has 6 heteroatoms. The van der Waals surface area contributed by atoms with Crippen LogP contribution in [-0.2, 0) is 12.0 Å². The van der Waals surface area contributed by atoms with Gasteiger partial charge in [-0.25, -0.2) is 8.78 Å². The van der Waals surface area contributed by atoms with Crippen molar-refractivity contribution in [2.45, 2.75) is 57.7 Å². The highest BCUT2D eigenvalue weighted by atomic mass is 19.3. The van der Waals surface area contributed by atoms with Crippen LogP contribution < -0.4 is 11.1 Å². The van der Waals surface area contributed by atoms with Gasteiger partial charge in [-0.15, -0.1) is 0 Å². The lowest BCUT2D eigenvalue weighted by Gasteiger charge is -2.40. The number of nitriles is 1. The molecule has 0 radical (unpaired) electrons. The summed E-state index contributed by atoms with van der Waals surface area (Å²) in [6, 6.07) is 25.0. The Bertz CT molecular complexity index is 1260. The first-order valence-corrected chi connectivity index (χ1v) is 13.1. The van der Waals surface area contributed by atoms with Crippen LogP contribution in [0.1, 0.15) is 62.2 Å². The lowest BCUT2D eigenvalue weighted by Crippen LogP contribution is -2.50. The van der Waals surface area contributed by atoms with Gasteiger partial charge in [-0.05, 0) is 60.7 Å². The number of nitrogens with zero attached hydrogens (tertiary/aromatic N) is 2. The fourth-order valence-electron chi connectivity index (χ4n) is 4.83. The van der Waals surface area contributed by atoms with Crippen molar-refractivity contribution >= 4 is 0 Å². The van der Waals surface area contributed by atoms with Crippen molar-refractivity contribution in [1.29, 1.82) is 5.26 Å². The van der Waals surface area contributed by atoms with Gasteiger partial charge in [0.15, 0.2) is 0 Å². The molecule has 4 rings (SSSR count). The largest absolute Gasteiger partial charge is 0.312 e. The molecule has 0 saturated heterocycles. The molecule has 4 nitrogen and oxygen atoms in total. The Labute approximate surface area is 224 Å². The number of rotatable bonds is 8. The van der Waals surface area contributed by atoms with Crippen LogP contribution in [0.2, 0.25) is 0 Å². The molecule has 3 atom stereocenters. The van der Waals surface area contributed by atoms with Gasteiger partial charge in [0.2, 0.25) is 0 Å². The van der Waals surface area contributed by atoms with Crippen LogP contribution in [0.3, 0.4) is 0 Å². The maximum Gasteiger partial charge on any atom is 0.251 e. The number of nitrogens with one attached hydrogen (secondary N) is 1. The molecule has 3 unspecified atom stereocenters. The van der Waals surface area contributed by atoms with Crippen molar-refractivity contribution in [3.05, 3.63) is 125 Å². The van der Waals surface area contributed by atoms with Gasteiger partial charge in [-0.1, -0.05) is 80.6 Å². The zero-order valence-corrected chi connectivity index (χ0v) is 22.2. The standard InChI is InChI=1S/C30H30F2N4.C2H6/c1-29(31,32)25-13-8-14-26(17-16-25)30(27-15-5-6-18-35-27,20-22-9-3-2-4-10-22)36-28(34)24-12-7-11-23(19-24)21-33;1-2/h2-15,18-19,25,28,36H,16-17,20,34H2,1H3;1-2H3. The molecule has 0 bridgehead atoms. The van der Waals surface area contributed by atoms with Gasteiger partial charge in [0.05, 0.1) is 29.0 Å². The number of aromatic nitrogens is 1. The van der Waals surface area contributed by atoms with Gasteiger partial charge in [0.1, 0.15) is 0 Å². The summed E-state index contributed by atoms with van der Waals surface area (Å²) >= 11 is 0. The maximum atomic E-state index is 14.2. The van der Waals surface area contributed by atoms with Crippen molar-refractivity contribution in [3.63, 3.8) is 0 Å². The van der Waals surface area contributed by atoms with E-state index in [1.165, 1.54) is 0 Å². The summed E-state index contributed by atoms with van der Waals surface area (Å²) < 4.78 is 28.5. The molecule has 0 aliphatic heterocycles. The number of alkyl halides is 2. The number of hydrogen-bond donors (Lipinski definition) is 2. The summed E-state index contributed by atoms with van der Waals surface area (Å²) in [5.74, 6) is -3.67. The first-order chi connectivity index (χ1) is 18.3. The number of hydrogen-bond acceptors (Lipinski definition) is 4. The van der Waals surface area contributed by atoms with Gasteiger partial charge >= 0.3 is 0 Å². The molecule has 2 aromatic carbocycles. The van der Waals surface area contributed by atoms with Gasteiger partial charge < -0.3 is 5.73 Å². The van der Waals surface area contributed by atoms with Gasteiger partial charge in [0, 0.05) is 18.5 Å². The molecule has 1 aliphatic carbocycles. The first kappa shape index (κ1) is 28.9. The highest BCUT2D eigenvalue weighted by Crippen LogP contribution is 2.40. The van der Waals surface area contributed by atoms with Crippen LogP contribution in [0.15, 0.2) is 103 Å². The zero-order chi connectivity index (χ0) is 27.6. The van der Waals surface area contributed by atoms with E-state index in [0.29, 0.717) is 24.8 Å². The number of benzene rings is 2. The molecule has 0 fully saturated rings. The topological polar surface area (TPSA) is 74.7 Å². The molecule has 0 spiro atoms. The van der Waals surface area contributed by atoms with E-state index < -0.39 is 23.5 Å². The first-order valence-electron chi connectivity index (χ1n) is 13.1. The number of allylic oxidation sites excluding steroid dienone is 3. The zero-order valence-electron chi connectivity index (χ0n) is 22.2. The van der Waals surface area contributed by atoms with E-state index in [0.717, 1.165) is 29.3 Å². The van der Waals surface area contributed by atoms with E-state index >= 15 is 0 Å². The summed E-state index contributed by atoms with van der Waals surface area (Å²) in [5.41, 5.74) is 9.86. The smallest absolute Gasteiger partial charge is 0.251 e. The van der Waals surface area contributed by atoms with Crippen LogP contribution in [0.4, 0.5) is 8.78 Å². The quantitative estimate of drug-likeness (QED) is 0.311. The third kappa shape index (κ3) is 7.00. The Balaban J connectivity index is 0.00000195. The normalized spacial score (nSPS) is 17.6. The minimum Gasteiger partial charge on any atom is -0.312 e. The third-order valence-corrected chi connectivity index (χ3v) is 6.76. The van der Waals surface area contributed by atoms with Crippen LogP contribution >= 0.6 is 0 Å². The van der Waals surface area contributed by atoms with Crippen molar-refractivity contribution in [3.8, 4) is 6.07 Å². The number of nitrogens with two attached hydrogens (primary N) is 1. The molecule has 0 amide bonds. The second-order valence-electron chi connectivity index (χ2n) is 9.32. The highest BCUT2D eigenvalue weighted by Gasteiger charge is 2.41. The summed E-state index contributed by atoms with van der Waals surface area (Å²) in [7, 11) is 0. The molecule has 1 aliphatic rings. The second-order valence-corrected chi connectivity index (χ2v) is 9.32. The predicted molar refractivity (Wildman–Crippen MR) is 149 cm³/mol. The summed E-state index contributed by atoms with van der Waals surface area (Å²) in [6.45, 7) is 4.97. The van der Waals surface area contributed by atoms with Crippen LogP contribution in [-0.4, -0.2) is 10.9 Å². The van der Waals surface area contributed by atoms with E-state index in [-0.39, 0.29) is 0 Å². The SMILES string of the molecule is CC.CC(F)(F)C1C=CC=C(C(Cc2ccccc2)(NC(N)c2cccc(C#N)c2)c2ccccn2)CC1. The lowest BCUT2D eigenvalue weighted by atomic mass is 9.77. The molecule has 0 saturated carbocycles. The summed E-state index contributed by atoms with van der Waals surface area (Å²) in [6.07, 6.45) is 7.61. The van der Waals surface area contributed by atoms with E-state index in [9.17, 15) is 14.0 Å². The van der Waals surface area contributed by atoms with Gasteiger partial charge in [-0.3, -0.25) is 10.3 Å². The Morgan fingerprint density at radius 1 is 1.08 bits per heavy atom. The molecular formula is C32H36F2N4. The van der Waals surface area contributed by atoms with E-state index in [4.69, 9.17) is 10.7 Å². The van der Waals surface area contributed by atoms with Gasteiger partial charge in [0.25, 0.3) is 5.92 Å². The second kappa shape index (κ2) is 13.2. The van der Waals surface area contributed by atoms with Crippen molar-refractivity contribution < 1.29 is 8.78 Å². The average Bonchev–Trinajstić information content (AvgIpc) is 3.22. The van der Waals surface area contributed by atoms with Crippen molar-refractivity contribution in [2.75, 3.05) is 0 Å². The van der Waals surface area contributed by atoms with Crippen LogP contribution in [0.5, 0.6) is 0 Å². The van der Waals surface area contributed by atoms with Crippen LogP contribution in [0.25, 0.3) is 0 Å². The Morgan fingerprint density at radius 2 is 1.82 bits per heavy atom. The fraction of sp³-hybridized carbons (Fsp3) is 0.312. The van der Waals surface area contributed by atoms with E-state index in [1.807, 2.05) is 74.5 Å². The van der Waals surface area contributed by atoms with Crippen molar-refractivity contribution in [1.82, 2.24) is 10.3 Å². The minimum absolute atomic E-state index is 0.302. The predicted octanol–water partition coefficient (Wildman–Crippen LogP) is 7.21. The summed E-state index contributed by atoms with van der Waals surface area (Å²) in [4.78, 5) is 4.72. The number of halogens is 2. The summed E-state index contributed by atoms with van der Waals surface area (Å²) in [5, 5.41) is 13.0. The third-order valence-electron chi connectivity index (χ3n) is 6.76. The fourth-order valence-corrected chi connectivity index (χ4v) is 4.83. The van der Waals surface area contributed by atoms with Crippen molar-refractivity contribution in [2.24, 2.45) is 11.7 Å². The maximum absolute atomic E-state index is 14.2. The lowest BCUT2D eigenvalue weighted by molar-refractivity contribution is -0.0235. The molecule has 3 aromatic rings. The van der Waals surface area contributed by atoms with E-state index in [2.05, 4.69) is 11.4 Å². The van der Waals surface area contributed by atoms with Gasteiger partial charge in [-0.2, -0.15) is 5.26 Å². The molecular weight excluding hydrogens is 478 g/mol. The monoisotopic (exact) mass is 514 g/mol. The molecule has 1 heterocycles. The number of pyridine rings is 1. The molecule has 198 valence electrons. The molecule has 38 heavy (non-hydrogen) atoms. The molecule has 3 N–H and O–H groups in total. The average molecular weight is 515 g/mol. The highest BCUT2D eigenvalue weighted by molar-refractivity contribution is 5.40. The molecule has 1 aromatic heterocycles. The van der Waals surface area contributed by atoms with Crippen LogP contribution in [0, 0.1) is 17.2 Å².